The Hall–Kier alpha value is -1.31. The Kier molecular flexibility index (Phi) is 6.07. The highest BCUT2D eigenvalue weighted by Gasteiger charge is 2.08. The summed E-state index contributed by atoms with van der Waals surface area (Å²) in [6.45, 7) is 6.47. The van der Waals surface area contributed by atoms with Gasteiger partial charge in [-0.25, -0.2) is 0 Å². The van der Waals surface area contributed by atoms with Crippen LogP contribution >= 0.6 is 0 Å². The molecule has 0 aliphatic heterocycles. The lowest BCUT2D eigenvalue weighted by atomic mass is 10.2. The number of nitrogens with zero attached hydrogens (tertiary/aromatic N) is 1. The molecular formula is C12H22N4O2S. The fourth-order valence-electron chi connectivity index (χ4n) is 1.71. The van der Waals surface area contributed by atoms with E-state index in [0.29, 0.717) is 5.69 Å². The minimum atomic E-state index is -3.53. The second-order valence-electron chi connectivity index (χ2n) is 4.01. The molecule has 0 atom stereocenters. The Bertz CT molecular complexity index is 469. The molecule has 19 heavy (non-hydrogen) atoms. The van der Waals surface area contributed by atoms with Crippen LogP contribution in [0.25, 0.3) is 0 Å². The fraction of sp³-hybridized carbons (Fsp3) is 0.500. The van der Waals surface area contributed by atoms with E-state index in [1.807, 2.05) is 12.1 Å². The van der Waals surface area contributed by atoms with Crippen LogP contribution in [0.4, 0.5) is 11.4 Å². The van der Waals surface area contributed by atoms with Gasteiger partial charge in [0.1, 0.15) is 0 Å². The number of rotatable bonds is 8. The van der Waals surface area contributed by atoms with Crippen LogP contribution in [0.5, 0.6) is 0 Å². The molecule has 0 aliphatic carbocycles. The predicted molar refractivity (Wildman–Crippen MR) is 79.6 cm³/mol. The largest absolute Gasteiger partial charge is 0.372 e. The van der Waals surface area contributed by atoms with Crippen molar-refractivity contribution in [2.45, 2.75) is 13.8 Å². The molecule has 1 aromatic rings. The van der Waals surface area contributed by atoms with Crippen LogP contribution in [0.3, 0.4) is 0 Å². The van der Waals surface area contributed by atoms with E-state index >= 15 is 0 Å². The zero-order valence-electron chi connectivity index (χ0n) is 11.4. The van der Waals surface area contributed by atoms with Crippen LogP contribution in [-0.2, 0) is 10.2 Å². The topological polar surface area (TPSA) is 87.5 Å². The van der Waals surface area contributed by atoms with Crippen LogP contribution in [0.2, 0.25) is 0 Å². The molecule has 0 saturated heterocycles. The summed E-state index contributed by atoms with van der Waals surface area (Å²) >= 11 is 0. The van der Waals surface area contributed by atoms with Crippen molar-refractivity contribution < 1.29 is 8.42 Å². The van der Waals surface area contributed by atoms with E-state index in [2.05, 4.69) is 28.2 Å². The Morgan fingerprint density at radius 2 is 1.74 bits per heavy atom. The highest BCUT2D eigenvalue weighted by atomic mass is 32.2. The zero-order valence-corrected chi connectivity index (χ0v) is 12.2. The van der Waals surface area contributed by atoms with Gasteiger partial charge >= 0.3 is 0 Å². The number of hydrogen-bond acceptors (Lipinski definition) is 4. The van der Waals surface area contributed by atoms with E-state index in [0.717, 1.165) is 18.8 Å². The molecule has 0 fully saturated rings. The fourth-order valence-corrected chi connectivity index (χ4v) is 2.62. The third-order valence-corrected chi connectivity index (χ3v) is 3.77. The van der Waals surface area contributed by atoms with Crippen LogP contribution < -0.4 is 20.1 Å². The quantitative estimate of drug-likeness (QED) is 0.657. The van der Waals surface area contributed by atoms with Crippen molar-refractivity contribution in [3.8, 4) is 0 Å². The molecule has 0 bridgehead atoms. The van der Waals surface area contributed by atoms with Gasteiger partial charge in [0.05, 0.1) is 0 Å². The Labute approximate surface area is 115 Å². The lowest BCUT2D eigenvalue weighted by molar-refractivity contribution is 0.587. The molecule has 0 radical (unpaired) electrons. The van der Waals surface area contributed by atoms with E-state index in [1.54, 1.807) is 12.1 Å². The van der Waals surface area contributed by atoms with Crippen molar-refractivity contribution >= 4 is 21.6 Å². The van der Waals surface area contributed by atoms with E-state index in [1.165, 1.54) is 0 Å². The molecule has 4 N–H and O–H groups in total. The van der Waals surface area contributed by atoms with Gasteiger partial charge in [-0.3, -0.25) is 4.72 Å². The van der Waals surface area contributed by atoms with Crippen molar-refractivity contribution in [3.05, 3.63) is 24.3 Å². The molecule has 0 aromatic heterocycles. The Balaban J connectivity index is 2.71. The van der Waals surface area contributed by atoms with Crippen LogP contribution in [0.1, 0.15) is 13.8 Å². The van der Waals surface area contributed by atoms with Crippen molar-refractivity contribution in [1.29, 1.82) is 0 Å². The lowest BCUT2D eigenvalue weighted by Gasteiger charge is -2.21. The highest BCUT2D eigenvalue weighted by Crippen LogP contribution is 2.18. The molecule has 0 unspecified atom stereocenters. The molecular weight excluding hydrogens is 264 g/mol. The molecule has 0 amide bonds. The first-order chi connectivity index (χ1) is 9.02. The van der Waals surface area contributed by atoms with Gasteiger partial charge in [0.15, 0.2) is 0 Å². The van der Waals surface area contributed by atoms with Crippen LogP contribution in [-0.4, -0.2) is 34.6 Å². The maximum absolute atomic E-state index is 11.6. The highest BCUT2D eigenvalue weighted by molar-refractivity contribution is 7.90. The lowest BCUT2D eigenvalue weighted by Crippen LogP contribution is -2.33. The van der Waals surface area contributed by atoms with Crippen LogP contribution in [0.15, 0.2) is 24.3 Å². The predicted octanol–water partition coefficient (Wildman–Crippen LogP) is 0.738. The van der Waals surface area contributed by atoms with E-state index in [4.69, 9.17) is 5.73 Å². The summed E-state index contributed by atoms with van der Waals surface area (Å²) in [4.78, 5) is 2.19. The molecule has 0 heterocycles. The van der Waals surface area contributed by atoms with E-state index < -0.39 is 10.2 Å². The van der Waals surface area contributed by atoms with Gasteiger partial charge in [-0.1, -0.05) is 0 Å². The maximum atomic E-state index is 11.6. The van der Waals surface area contributed by atoms with Gasteiger partial charge in [-0.2, -0.15) is 13.1 Å². The summed E-state index contributed by atoms with van der Waals surface area (Å²) in [5.74, 6) is 0. The standard InChI is InChI=1S/C12H22N4O2S/c1-3-16(4-2)12-7-5-11(6-8-12)15-19(17,18)14-10-9-13/h5-8,14-15H,3-4,9-10,13H2,1-2H3. The minimum Gasteiger partial charge on any atom is -0.372 e. The molecule has 6 nitrogen and oxygen atoms in total. The smallest absolute Gasteiger partial charge is 0.299 e. The summed E-state index contributed by atoms with van der Waals surface area (Å²) in [5.41, 5.74) is 6.85. The van der Waals surface area contributed by atoms with Gasteiger partial charge in [-0.15, -0.1) is 0 Å². The average molecular weight is 286 g/mol. The molecule has 0 saturated carbocycles. The molecule has 108 valence electrons. The molecule has 0 aliphatic rings. The van der Waals surface area contributed by atoms with Crippen molar-refractivity contribution in [2.75, 3.05) is 35.8 Å². The number of nitrogens with one attached hydrogen (secondary N) is 2. The zero-order chi connectivity index (χ0) is 14.3. The van der Waals surface area contributed by atoms with Gasteiger partial charge < -0.3 is 10.6 Å². The first kappa shape index (κ1) is 15.7. The second-order valence-corrected chi connectivity index (χ2v) is 5.51. The summed E-state index contributed by atoms with van der Waals surface area (Å²) in [7, 11) is -3.53. The minimum absolute atomic E-state index is 0.215. The summed E-state index contributed by atoms with van der Waals surface area (Å²) < 4.78 is 28.0. The first-order valence-electron chi connectivity index (χ1n) is 6.35. The third kappa shape index (κ3) is 5.06. The van der Waals surface area contributed by atoms with Gasteiger partial charge in [-0.05, 0) is 38.1 Å². The van der Waals surface area contributed by atoms with Crippen molar-refractivity contribution in [3.63, 3.8) is 0 Å². The monoisotopic (exact) mass is 286 g/mol. The van der Waals surface area contributed by atoms with Gasteiger partial charge in [0, 0.05) is 37.6 Å². The normalized spacial score (nSPS) is 11.3. The molecule has 1 aromatic carbocycles. The number of nitrogens with two attached hydrogens (primary N) is 1. The third-order valence-electron chi connectivity index (χ3n) is 2.68. The second kappa shape index (κ2) is 7.32. The molecule has 7 heteroatoms. The number of hydrogen-bond donors (Lipinski definition) is 3. The van der Waals surface area contributed by atoms with Crippen molar-refractivity contribution in [2.24, 2.45) is 5.73 Å². The van der Waals surface area contributed by atoms with Gasteiger partial charge in [0.25, 0.3) is 10.2 Å². The Morgan fingerprint density at radius 1 is 1.16 bits per heavy atom. The first-order valence-corrected chi connectivity index (χ1v) is 7.83. The number of anilines is 2. The Morgan fingerprint density at radius 3 is 2.21 bits per heavy atom. The van der Waals surface area contributed by atoms with E-state index in [9.17, 15) is 8.42 Å². The molecule has 1 rings (SSSR count). The van der Waals surface area contributed by atoms with Gasteiger partial charge in [0.2, 0.25) is 0 Å². The number of benzene rings is 1. The summed E-state index contributed by atoms with van der Waals surface area (Å²) in [6.07, 6.45) is 0. The van der Waals surface area contributed by atoms with E-state index in [-0.39, 0.29) is 13.1 Å². The average Bonchev–Trinajstić information content (AvgIpc) is 2.39. The summed E-state index contributed by atoms with van der Waals surface area (Å²) in [5, 5.41) is 0. The maximum Gasteiger partial charge on any atom is 0.299 e. The summed E-state index contributed by atoms with van der Waals surface area (Å²) in [6, 6.07) is 7.28. The van der Waals surface area contributed by atoms with Crippen LogP contribution in [0, 0.1) is 0 Å². The van der Waals surface area contributed by atoms with Crippen molar-refractivity contribution in [1.82, 2.24) is 4.72 Å². The molecule has 0 spiro atoms. The SMILES string of the molecule is CCN(CC)c1ccc(NS(=O)(=O)NCCN)cc1.